The van der Waals surface area contributed by atoms with Crippen LogP contribution >= 0.6 is 0 Å². The molecule has 0 aliphatic heterocycles. The lowest BCUT2D eigenvalue weighted by Gasteiger charge is -2.27. The molecule has 1 aromatic carbocycles. The van der Waals surface area contributed by atoms with Crippen molar-refractivity contribution >= 4 is 10.9 Å². The molecule has 0 unspecified atom stereocenters. The van der Waals surface area contributed by atoms with E-state index in [1.165, 1.54) is 35.0 Å². The first-order valence-corrected chi connectivity index (χ1v) is 6.19. The average molecular weight is 215 g/mol. The minimum Gasteiger partial charge on any atom is -0.359 e. The van der Waals surface area contributed by atoms with Crippen LogP contribution in [0.25, 0.3) is 10.9 Å². The number of benzene rings is 1. The fraction of sp³-hybridized carbons (Fsp3) is 0.467. The highest BCUT2D eigenvalue weighted by Crippen LogP contribution is 2.32. The lowest BCUT2D eigenvalue weighted by atomic mass is 9.77. The molecule has 0 radical (unpaired) electrons. The van der Waals surface area contributed by atoms with Gasteiger partial charge in [-0.2, -0.15) is 0 Å². The second-order valence-electron chi connectivity index (χ2n) is 5.02. The van der Waals surface area contributed by atoms with E-state index in [2.05, 4.69) is 56.9 Å². The van der Waals surface area contributed by atoms with Gasteiger partial charge in [0.1, 0.15) is 0 Å². The molecule has 0 aliphatic rings. The minimum atomic E-state index is 0.319. The molecule has 0 atom stereocenters. The summed E-state index contributed by atoms with van der Waals surface area (Å²) in [5.41, 5.74) is 4.26. The van der Waals surface area contributed by atoms with Gasteiger partial charge in [-0.05, 0) is 54.3 Å². The highest BCUT2D eigenvalue weighted by atomic mass is 14.7. The first-order valence-electron chi connectivity index (χ1n) is 6.19. The zero-order chi connectivity index (χ0) is 11.8. The molecule has 0 bridgehead atoms. The van der Waals surface area contributed by atoms with Crippen LogP contribution in [-0.4, -0.2) is 4.98 Å². The summed E-state index contributed by atoms with van der Waals surface area (Å²) in [5.74, 6) is 0. The third-order valence-corrected chi connectivity index (χ3v) is 4.01. The number of H-pyrrole nitrogens is 1. The van der Waals surface area contributed by atoms with E-state index in [0.29, 0.717) is 5.41 Å². The summed E-state index contributed by atoms with van der Waals surface area (Å²) in [6.07, 6.45) is 2.39. The molecule has 2 rings (SSSR count). The molecule has 1 nitrogen and oxygen atoms in total. The van der Waals surface area contributed by atoms with Crippen LogP contribution < -0.4 is 0 Å². The van der Waals surface area contributed by atoms with Gasteiger partial charge in [-0.3, -0.25) is 0 Å². The third-order valence-electron chi connectivity index (χ3n) is 4.01. The van der Waals surface area contributed by atoms with Crippen molar-refractivity contribution in [2.45, 2.75) is 46.0 Å². The summed E-state index contributed by atoms with van der Waals surface area (Å²) in [6, 6.07) is 9.04. The smallest absolute Gasteiger partial charge is 0.0456 e. The van der Waals surface area contributed by atoms with E-state index in [0.717, 1.165) is 0 Å². The maximum Gasteiger partial charge on any atom is 0.0456 e. The zero-order valence-corrected chi connectivity index (χ0v) is 10.7. The van der Waals surface area contributed by atoms with Gasteiger partial charge in [-0.25, -0.2) is 0 Å². The number of hydrogen-bond donors (Lipinski definition) is 1. The quantitative estimate of drug-likeness (QED) is 0.773. The molecule has 0 aliphatic carbocycles. The monoisotopic (exact) mass is 215 g/mol. The van der Waals surface area contributed by atoms with Crippen molar-refractivity contribution in [1.82, 2.24) is 4.98 Å². The van der Waals surface area contributed by atoms with Gasteiger partial charge < -0.3 is 4.98 Å². The Morgan fingerprint density at radius 1 is 1.12 bits per heavy atom. The van der Waals surface area contributed by atoms with E-state index in [1.54, 1.807) is 0 Å². The van der Waals surface area contributed by atoms with E-state index in [9.17, 15) is 0 Å². The number of nitrogens with one attached hydrogen (secondary N) is 1. The molecular weight excluding hydrogens is 194 g/mol. The van der Waals surface area contributed by atoms with Crippen molar-refractivity contribution in [2.24, 2.45) is 0 Å². The minimum absolute atomic E-state index is 0.319. The molecule has 0 saturated carbocycles. The van der Waals surface area contributed by atoms with Gasteiger partial charge in [0.2, 0.25) is 0 Å². The summed E-state index contributed by atoms with van der Waals surface area (Å²) in [7, 11) is 0. The number of rotatable bonds is 3. The van der Waals surface area contributed by atoms with Crippen LogP contribution in [0.3, 0.4) is 0 Å². The molecule has 0 amide bonds. The van der Waals surface area contributed by atoms with Crippen molar-refractivity contribution in [3.05, 3.63) is 35.5 Å². The average Bonchev–Trinajstić information content (AvgIpc) is 2.67. The SMILES string of the molecule is CCC(C)(CC)c1ccc2[nH]c(C)cc2c1. The Morgan fingerprint density at radius 2 is 1.81 bits per heavy atom. The van der Waals surface area contributed by atoms with E-state index < -0.39 is 0 Å². The molecule has 86 valence electrons. The van der Waals surface area contributed by atoms with Crippen molar-refractivity contribution < 1.29 is 0 Å². The van der Waals surface area contributed by atoms with Crippen LogP contribution in [0.2, 0.25) is 0 Å². The normalized spacial score (nSPS) is 12.2. The molecule has 16 heavy (non-hydrogen) atoms. The van der Waals surface area contributed by atoms with Crippen LogP contribution in [-0.2, 0) is 5.41 Å². The third kappa shape index (κ3) is 1.75. The molecule has 1 N–H and O–H groups in total. The van der Waals surface area contributed by atoms with Crippen LogP contribution in [0.15, 0.2) is 24.3 Å². The van der Waals surface area contributed by atoms with Crippen LogP contribution in [0.4, 0.5) is 0 Å². The first kappa shape index (κ1) is 11.3. The maximum atomic E-state index is 3.37. The Kier molecular flexibility index (Phi) is 2.79. The molecule has 1 aromatic heterocycles. The van der Waals surface area contributed by atoms with Gasteiger partial charge in [-0.15, -0.1) is 0 Å². The van der Waals surface area contributed by atoms with Crippen LogP contribution in [0.1, 0.15) is 44.9 Å². The number of aryl methyl sites for hydroxylation is 1. The molecule has 0 saturated heterocycles. The topological polar surface area (TPSA) is 15.8 Å². The van der Waals surface area contributed by atoms with Crippen LogP contribution in [0.5, 0.6) is 0 Å². The number of fused-ring (bicyclic) bond motifs is 1. The van der Waals surface area contributed by atoms with Gasteiger partial charge in [0.05, 0.1) is 0 Å². The predicted octanol–water partition coefficient (Wildman–Crippen LogP) is 4.55. The Hall–Kier alpha value is -1.24. The summed E-state index contributed by atoms with van der Waals surface area (Å²) in [6.45, 7) is 9.01. The van der Waals surface area contributed by atoms with Gasteiger partial charge >= 0.3 is 0 Å². The molecule has 2 aromatic rings. The van der Waals surface area contributed by atoms with E-state index in [-0.39, 0.29) is 0 Å². The fourth-order valence-electron chi connectivity index (χ4n) is 2.31. The van der Waals surface area contributed by atoms with Crippen molar-refractivity contribution in [3.8, 4) is 0 Å². The van der Waals surface area contributed by atoms with Crippen molar-refractivity contribution in [3.63, 3.8) is 0 Å². The van der Waals surface area contributed by atoms with E-state index in [1.807, 2.05) is 0 Å². The molecule has 0 spiro atoms. The number of hydrogen-bond acceptors (Lipinski definition) is 0. The highest BCUT2D eigenvalue weighted by molar-refractivity contribution is 5.81. The van der Waals surface area contributed by atoms with Gasteiger partial charge in [0.15, 0.2) is 0 Å². The lowest BCUT2D eigenvalue weighted by Crippen LogP contribution is -2.19. The standard InChI is InChI=1S/C15H21N/c1-5-15(4,6-2)13-7-8-14-12(10-13)9-11(3)16-14/h7-10,16H,5-6H2,1-4H3. The Balaban J connectivity index is 2.53. The summed E-state index contributed by atoms with van der Waals surface area (Å²) < 4.78 is 0. The first-order chi connectivity index (χ1) is 7.59. The molecular formula is C15H21N. The molecule has 1 heterocycles. The molecule has 0 fully saturated rings. The van der Waals surface area contributed by atoms with E-state index in [4.69, 9.17) is 0 Å². The molecule has 1 heteroatoms. The predicted molar refractivity (Wildman–Crippen MR) is 71.0 cm³/mol. The zero-order valence-electron chi connectivity index (χ0n) is 10.7. The van der Waals surface area contributed by atoms with Crippen molar-refractivity contribution in [2.75, 3.05) is 0 Å². The number of aromatic nitrogens is 1. The fourth-order valence-corrected chi connectivity index (χ4v) is 2.31. The summed E-state index contributed by atoms with van der Waals surface area (Å²) in [5, 5.41) is 1.34. The lowest BCUT2D eigenvalue weighted by molar-refractivity contribution is 0.439. The van der Waals surface area contributed by atoms with Crippen molar-refractivity contribution in [1.29, 1.82) is 0 Å². The highest BCUT2D eigenvalue weighted by Gasteiger charge is 2.22. The van der Waals surface area contributed by atoms with Gasteiger partial charge in [-0.1, -0.05) is 26.8 Å². The maximum absolute atomic E-state index is 3.37. The Labute approximate surface area is 97.9 Å². The summed E-state index contributed by atoms with van der Waals surface area (Å²) in [4.78, 5) is 3.37. The van der Waals surface area contributed by atoms with Gasteiger partial charge in [0.25, 0.3) is 0 Å². The largest absolute Gasteiger partial charge is 0.359 e. The summed E-state index contributed by atoms with van der Waals surface area (Å²) >= 11 is 0. The van der Waals surface area contributed by atoms with Crippen LogP contribution in [0, 0.1) is 6.92 Å². The van der Waals surface area contributed by atoms with Gasteiger partial charge in [0, 0.05) is 11.2 Å². The number of aromatic amines is 1. The Bertz CT molecular complexity index is 489. The van der Waals surface area contributed by atoms with E-state index >= 15 is 0 Å². The second kappa shape index (κ2) is 3.97. The Morgan fingerprint density at radius 3 is 2.44 bits per heavy atom. The second-order valence-corrected chi connectivity index (χ2v) is 5.02.